The van der Waals surface area contributed by atoms with E-state index >= 15 is 0 Å². The minimum absolute atomic E-state index is 0.0404. The van der Waals surface area contributed by atoms with Gasteiger partial charge in [-0.05, 0) is 12.8 Å². The Bertz CT molecular complexity index is 508. The normalized spacial score (nSPS) is 18.9. The highest BCUT2D eigenvalue weighted by Crippen LogP contribution is 2.36. The molecule has 1 saturated carbocycles. The van der Waals surface area contributed by atoms with Crippen LogP contribution in [0, 0.1) is 11.3 Å². The number of aromatic nitrogens is 2. The molecule has 0 amide bonds. The molecule has 2 rings (SSSR count). The van der Waals surface area contributed by atoms with Gasteiger partial charge in [-0.15, -0.1) is 0 Å². The fourth-order valence-electron chi connectivity index (χ4n) is 2.54. The summed E-state index contributed by atoms with van der Waals surface area (Å²) in [5, 5.41) is 8.74. The van der Waals surface area contributed by atoms with Crippen LogP contribution in [0.25, 0.3) is 0 Å². The smallest absolute Gasteiger partial charge is 0.268 e. The summed E-state index contributed by atoms with van der Waals surface area (Å²) in [6, 6.07) is 1.82. The molecule has 1 aromatic heterocycles. The first-order chi connectivity index (χ1) is 8.72. The maximum Gasteiger partial charge on any atom is 0.268 e. The molecule has 1 aromatic rings. The molecular weight excluding hydrogens is 230 g/mol. The Kier molecular flexibility index (Phi) is 3.78. The zero-order chi connectivity index (χ0) is 13.0. The van der Waals surface area contributed by atoms with Crippen molar-refractivity contribution in [1.82, 2.24) is 9.97 Å². The maximum absolute atomic E-state index is 11.7. The Hall–Kier alpha value is -1.67. The molecule has 0 aliphatic heterocycles. The molecule has 0 unspecified atom stereocenters. The van der Waals surface area contributed by atoms with E-state index in [-0.39, 0.29) is 11.1 Å². The summed E-state index contributed by atoms with van der Waals surface area (Å²) < 4.78 is 5.66. The third-order valence-electron chi connectivity index (χ3n) is 3.65. The standard InChI is InChI=1S/C13H17N3O2/c1-18-13(6-4-2-3-5-7-13)12-15-9-10(8-14)11(17)16-12/h9H,2-7H2,1H3,(H,15,16,17). The first-order valence-electron chi connectivity index (χ1n) is 6.27. The Labute approximate surface area is 106 Å². The van der Waals surface area contributed by atoms with Crippen molar-refractivity contribution in [1.29, 1.82) is 5.26 Å². The van der Waals surface area contributed by atoms with Crippen molar-refractivity contribution in [3.05, 3.63) is 27.9 Å². The summed E-state index contributed by atoms with van der Waals surface area (Å²) in [4.78, 5) is 18.6. The Morgan fingerprint density at radius 2 is 2.06 bits per heavy atom. The lowest BCUT2D eigenvalue weighted by Crippen LogP contribution is -2.33. The number of hydrogen-bond donors (Lipinski definition) is 1. The fraction of sp³-hybridized carbons (Fsp3) is 0.615. The minimum atomic E-state index is -0.496. The predicted octanol–water partition coefficient (Wildman–Crippen LogP) is 1.84. The van der Waals surface area contributed by atoms with Gasteiger partial charge in [0.25, 0.3) is 5.56 Å². The molecule has 5 nitrogen and oxygen atoms in total. The third kappa shape index (κ3) is 2.29. The van der Waals surface area contributed by atoms with Gasteiger partial charge in [0.1, 0.15) is 23.1 Å². The van der Waals surface area contributed by atoms with Crippen LogP contribution in [0.15, 0.2) is 11.0 Å². The van der Waals surface area contributed by atoms with E-state index in [2.05, 4.69) is 9.97 Å². The molecule has 0 bridgehead atoms. The highest BCUT2D eigenvalue weighted by molar-refractivity contribution is 5.23. The summed E-state index contributed by atoms with van der Waals surface area (Å²) >= 11 is 0. The molecule has 1 aliphatic carbocycles. The van der Waals surface area contributed by atoms with Crippen LogP contribution >= 0.6 is 0 Å². The summed E-state index contributed by atoms with van der Waals surface area (Å²) in [7, 11) is 1.66. The topological polar surface area (TPSA) is 78.8 Å². The average Bonchev–Trinajstić information content (AvgIpc) is 2.65. The SMILES string of the molecule is COC1(c2ncc(C#N)c(=O)[nH]2)CCCCCC1. The van der Waals surface area contributed by atoms with Crippen LogP contribution in [0.1, 0.15) is 49.9 Å². The number of nitriles is 1. The second-order valence-electron chi connectivity index (χ2n) is 4.70. The van der Waals surface area contributed by atoms with Gasteiger partial charge >= 0.3 is 0 Å². The van der Waals surface area contributed by atoms with E-state index in [4.69, 9.17) is 10.00 Å². The maximum atomic E-state index is 11.7. The minimum Gasteiger partial charge on any atom is -0.370 e. The lowest BCUT2D eigenvalue weighted by atomic mass is 9.93. The number of aromatic amines is 1. The molecule has 1 aliphatic rings. The van der Waals surface area contributed by atoms with Gasteiger partial charge < -0.3 is 9.72 Å². The van der Waals surface area contributed by atoms with E-state index in [9.17, 15) is 4.79 Å². The monoisotopic (exact) mass is 247 g/mol. The number of ether oxygens (including phenoxy) is 1. The van der Waals surface area contributed by atoms with Crippen molar-refractivity contribution in [3.8, 4) is 6.07 Å². The van der Waals surface area contributed by atoms with E-state index in [0.717, 1.165) is 25.7 Å². The Morgan fingerprint density at radius 3 is 2.56 bits per heavy atom. The fourth-order valence-corrected chi connectivity index (χ4v) is 2.54. The molecule has 5 heteroatoms. The second kappa shape index (κ2) is 5.32. The quantitative estimate of drug-likeness (QED) is 0.809. The molecule has 1 fully saturated rings. The number of H-pyrrole nitrogens is 1. The Balaban J connectivity index is 2.40. The lowest BCUT2D eigenvalue weighted by molar-refractivity contribution is -0.0353. The van der Waals surface area contributed by atoms with Crippen molar-refractivity contribution in [2.24, 2.45) is 0 Å². The number of rotatable bonds is 2. The van der Waals surface area contributed by atoms with E-state index in [0.29, 0.717) is 5.82 Å². The number of nitrogens with zero attached hydrogens (tertiary/aromatic N) is 2. The molecular formula is C13H17N3O2. The summed E-state index contributed by atoms with van der Waals surface area (Å²) in [5.41, 5.74) is -0.842. The summed E-state index contributed by atoms with van der Waals surface area (Å²) in [6.45, 7) is 0. The van der Waals surface area contributed by atoms with Gasteiger partial charge in [-0.2, -0.15) is 5.26 Å². The molecule has 0 aromatic carbocycles. The molecule has 1 heterocycles. The second-order valence-corrected chi connectivity index (χ2v) is 4.70. The molecule has 18 heavy (non-hydrogen) atoms. The molecule has 1 N–H and O–H groups in total. The van der Waals surface area contributed by atoms with Crippen LogP contribution in [-0.2, 0) is 10.3 Å². The first kappa shape index (κ1) is 12.8. The van der Waals surface area contributed by atoms with Gasteiger partial charge in [0, 0.05) is 7.11 Å². The van der Waals surface area contributed by atoms with E-state index in [1.807, 2.05) is 6.07 Å². The Morgan fingerprint density at radius 1 is 1.39 bits per heavy atom. The van der Waals surface area contributed by atoms with Gasteiger partial charge in [0.2, 0.25) is 0 Å². The van der Waals surface area contributed by atoms with E-state index in [1.165, 1.54) is 19.0 Å². The van der Waals surface area contributed by atoms with Crippen LogP contribution in [-0.4, -0.2) is 17.1 Å². The van der Waals surface area contributed by atoms with Crippen LogP contribution in [0.5, 0.6) is 0 Å². The summed E-state index contributed by atoms with van der Waals surface area (Å²) in [5.74, 6) is 0.552. The van der Waals surface area contributed by atoms with E-state index < -0.39 is 5.60 Å². The number of nitrogens with one attached hydrogen (secondary N) is 1. The van der Waals surface area contributed by atoms with Crippen molar-refractivity contribution < 1.29 is 4.74 Å². The largest absolute Gasteiger partial charge is 0.370 e. The molecule has 0 radical (unpaired) electrons. The first-order valence-corrected chi connectivity index (χ1v) is 6.27. The van der Waals surface area contributed by atoms with Crippen molar-refractivity contribution in [3.63, 3.8) is 0 Å². The number of hydrogen-bond acceptors (Lipinski definition) is 4. The summed E-state index contributed by atoms with van der Waals surface area (Å²) in [6.07, 6.45) is 7.56. The van der Waals surface area contributed by atoms with Crippen LogP contribution < -0.4 is 5.56 Å². The van der Waals surface area contributed by atoms with E-state index in [1.54, 1.807) is 7.11 Å². The van der Waals surface area contributed by atoms with Crippen molar-refractivity contribution >= 4 is 0 Å². The van der Waals surface area contributed by atoms with Crippen LogP contribution in [0.3, 0.4) is 0 Å². The molecule has 96 valence electrons. The lowest BCUT2D eigenvalue weighted by Gasteiger charge is -2.29. The number of methoxy groups -OCH3 is 1. The van der Waals surface area contributed by atoms with Gasteiger partial charge in [-0.1, -0.05) is 25.7 Å². The highest BCUT2D eigenvalue weighted by atomic mass is 16.5. The zero-order valence-corrected chi connectivity index (χ0v) is 10.5. The zero-order valence-electron chi connectivity index (χ0n) is 10.5. The highest BCUT2D eigenvalue weighted by Gasteiger charge is 2.35. The van der Waals surface area contributed by atoms with Gasteiger partial charge in [-0.25, -0.2) is 4.98 Å². The van der Waals surface area contributed by atoms with Crippen LogP contribution in [0.2, 0.25) is 0 Å². The molecule has 0 saturated heterocycles. The molecule has 0 atom stereocenters. The predicted molar refractivity (Wildman–Crippen MR) is 66.0 cm³/mol. The van der Waals surface area contributed by atoms with Crippen LogP contribution in [0.4, 0.5) is 0 Å². The third-order valence-corrected chi connectivity index (χ3v) is 3.65. The average molecular weight is 247 g/mol. The molecule has 0 spiro atoms. The van der Waals surface area contributed by atoms with Gasteiger partial charge in [0.15, 0.2) is 0 Å². The van der Waals surface area contributed by atoms with Crippen molar-refractivity contribution in [2.75, 3.05) is 7.11 Å². The van der Waals surface area contributed by atoms with Crippen molar-refractivity contribution in [2.45, 2.75) is 44.1 Å². The van der Waals surface area contributed by atoms with Gasteiger partial charge in [-0.3, -0.25) is 4.79 Å². The van der Waals surface area contributed by atoms with Gasteiger partial charge in [0.05, 0.1) is 6.20 Å².